The van der Waals surface area contributed by atoms with E-state index in [-0.39, 0.29) is 42.5 Å². The van der Waals surface area contributed by atoms with Gasteiger partial charge >= 0.3 is 0 Å². The molecule has 3 rings (SSSR count). The molecule has 2 saturated heterocycles. The maximum Gasteiger partial charge on any atom is 0.228 e. The number of rotatable bonds is 5. The fraction of sp³-hybridized carbons (Fsp3) is 0.706. The van der Waals surface area contributed by atoms with Crippen molar-refractivity contribution in [3.63, 3.8) is 0 Å². The van der Waals surface area contributed by atoms with Crippen molar-refractivity contribution in [3.05, 3.63) is 11.1 Å². The molecule has 0 aliphatic carbocycles. The fourth-order valence-electron chi connectivity index (χ4n) is 3.52. The molecule has 26 heavy (non-hydrogen) atoms. The summed E-state index contributed by atoms with van der Waals surface area (Å²) in [5.74, 6) is -0.0294. The molecule has 2 aliphatic heterocycles. The van der Waals surface area contributed by atoms with Gasteiger partial charge < -0.3 is 15.5 Å². The van der Waals surface area contributed by atoms with Crippen molar-refractivity contribution in [1.82, 2.24) is 15.2 Å². The first-order valence-corrected chi connectivity index (χ1v) is 9.57. The van der Waals surface area contributed by atoms with E-state index in [1.54, 1.807) is 0 Å². The Balaban J connectivity index is 0.00000169. The summed E-state index contributed by atoms with van der Waals surface area (Å²) in [4.78, 5) is 30.5. The largest absolute Gasteiger partial charge is 0.342 e. The van der Waals surface area contributed by atoms with E-state index in [1.807, 2.05) is 31.2 Å². The number of thiazole rings is 1. The van der Waals surface area contributed by atoms with E-state index in [4.69, 9.17) is 0 Å². The second-order valence-corrected chi connectivity index (χ2v) is 8.09. The van der Waals surface area contributed by atoms with Crippen LogP contribution in [0.1, 0.15) is 45.2 Å². The van der Waals surface area contributed by atoms with E-state index < -0.39 is 0 Å². The summed E-state index contributed by atoms with van der Waals surface area (Å²) in [5, 5.41) is 8.81. The zero-order valence-corrected chi connectivity index (χ0v) is 17.8. The summed E-state index contributed by atoms with van der Waals surface area (Å²) < 4.78 is 0. The van der Waals surface area contributed by atoms with Crippen molar-refractivity contribution >= 4 is 53.1 Å². The van der Waals surface area contributed by atoms with Gasteiger partial charge in [0.25, 0.3) is 0 Å². The Bertz CT molecular complexity index is 614. The SMILES string of the molecule is CC(C)C(=O)Nc1nc(CC(=O)N(C)C2CC3CCC(C2)N3)cs1.Cl.Cl. The van der Waals surface area contributed by atoms with Crippen molar-refractivity contribution in [2.75, 3.05) is 12.4 Å². The molecule has 0 aromatic carbocycles. The van der Waals surface area contributed by atoms with Crippen LogP contribution in [0.4, 0.5) is 5.13 Å². The van der Waals surface area contributed by atoms with Crippen molar-refractivity contribution in [3.8, 4) is 0 Å². The lowest BCUT2D eigenvalue weighted by molar-refractivity contribution is -0.132. The average molecular weight is 423 g/mol. The van der Waals surface area contributed by atoms with Gasteiger partial charge in [-0.1, -0.05) is 13.8 Å². The third kappa shape index (κ3) is 5.55. The van der Waals surface area contributed by atoms with Crippen LogP contribution in [0, 0.1) is 5.92 Å². The molecule has 1 aromatic heterocycles. The molecule has 2 atom stereocenters. The predicted molar refractivity (Wildman–Crippen MR) is 110 cm³/mol. The van der Waals surface area contributed by atoms with E-state index in [0.29, 0.717) is 29.7 Å². The highest BCUT2D eigenvalue weighted by Crippen LogP contribution is 2.29. The first-order valence-electron chi connectivity index (χ1n) is 8.69. The van der Waals surface area contributed by atoms with Crippen LogP contribution in [-0.2, 0) is 16.0 Å². The maximum absolute atomic E-state index is 12.6. The van der Waals surface area contributed by atoms with Gasteiger partial charge in [-0.2, -0.15) is 0 Å². The van der Waals surface area contributed by atoms with E-state index in [1.165, 1.54) is 24.2 Å². The zero-order valence-electron chi connectivity index (χ0n) is 15.4. The van der Waals surface area contributed by atoms with Crippen LogP contribution in [-0.4, -0.2) is 46.9 Å². The number of carbonyl (C=O) groups is 2. The molecule has 0 saturated carbocycles. The standard InChI is InChI=1S/C17H26N4O2S.2ClH/c1-10(2)16(23)20-17-19-13(9-24-17)8-15(22)21(3)14-6-11-4-5-12(7-14)18-11;;/h9-12,14,18H,4-8H2,1-3H3,(H,19,20,23);2*1H. The molecule has 3 heterocycles. The topological polar surface area (TPSA) is 74.3 Å². The Morgan fingerprint density at radius 3 is 2.50 bits per heavy atom. The normalized spacial score (nSPS) is 23.8. The number of nitrogens with one attached hydrogen (secondary N) is 2. The number of fused-ring (bicyclic) bond motifs is 2. The Morgan fingerprint density at radius 2 is 1.92 bits per heavy atom. The van der Waals surface area contributed by atoms with E-state index in [0.717, 1.165) is 18.5 Å². The number of hydrogen-bond acceptors (Lipinski definition) is 5. The van der Waals surface area contributed by atoms with E-state index >= 15 is 0 Å². The average Bonchev–Trinajstić information content (AvgIpc) is 3.12. The second-order valence-electron chi connectivity index (χ2n) is 7.23. The summed E-state index contributed by atoms with van der Waals surface area (Å²) in [6.07, 6.45) is 4.85. The van der Waals surface area contributed by atoms with Gasteiger partial charge in [0.2, 0.25) is 11.8 Å². The number of piperidine rings is 1. The molecule has 2 amide bonds. The molecular weight excluding hydrogens is 395 g/mol. The summed E-state index contributed by atoms with van der Waals surface area (Å²) in [6, 6.07) is 1.47. The molecule has 2 N–H and O–H groups in total. The van der Waals surface area contributed by atoms with Crippen molar-refractivity contribution in [1.29, 1.82) is 0 Å². The maximum atomic E-state index is 12.6. The number of hydrogen-bond donors (Lipinski definition) is 2. The van der Waals surface area contributed by atoms with Crippen molar-refractivity contribution < 1.29 is 9.59 Å². The minimum Gasteiger partial charge on any atom is -0.342 e. The smallest absolute Gasteiger partial charge is 0.228 e. The zero-order chi connectivity index (χ0) is 17.3. The molecule has 9 heteroatoms. The number of nitrogens with zero attached hydrogens (tertiary/aromatic N) is 2. The third-order valence-electron chi connectivity index (χ3n) is 5.03. The summed E-state index contributed by atoms with van der Waals surface area (Å²) in [6.45, 7) is 3.68. The number of amides is 2. The first-order chi connectivity index (χ1) is 11.4. The van der Waals surface area contributed by atoms with Crippen molar-refractivity contribution in [2.24, 2.45) is 5.92 Å². The minimum absolute atomic E-state index is 0. The number of likely N-dealkylation sites (N-methyl/N-ethyl adjacent to an activating group) is 1. The molecule has 6 nitrogen and oxygen atoms in total. The highest BCUT2D eigenvalue weighted by atomic mass is 35.5. The van der Waals surface area contributed by atoms with Crippen LogP contribution in [0.2, 0.25) is 0 Å². The molecule has 1 aromatic rings. The summed E-state index contributed by atoms with van der Waals surface area (Å²) in [7, 11) is 1.91. The lowest BCUT2D eigenvalue weighted by atomic mass is 9.98. The van der Waals surface area contributed by atoms with Crippen molar-refractivity contribution in [2.45, 2.75) is 64.1 Å². The molecule has 0 radical (unpaired) electrons. The number of halogens is 2. The van der Waals surface area contributed by atoms with Crippen LogP contribution >= 0.6 is 36.2 Å². The summed E-state index contributed by atoms with van der Waals surface area (Å²) in [5.41, 5.74) is 0.729. The molecule has 2 bridgehead atoms. The minimum atomic E-state index is -0.0830. The first kappa shape index (κ1) is 23.1. The Hall–Kier alpha value is -0.890. The van der Waals surface area contributed by atoms with Gasteiger partial charge in [0.15, 0.2) is 5.13 Å². The number of aromatic nitrogens is 1. The second kappa shape index (κ2) is 9.88. The molecule has 2 unspecified atom stereocenters. The Labute approximate surface area is 171 Å². The van der Waals surface area contributed by atoms with Gasteiger partial charge in [0.05, 0.1) is 12.1 Å². The lowest BCUT2D eigenvalue weighted by Gasteiger charge is -2.35. The van der Waals surface area contributed by atoms with Gasteiger partial charge in [-0.05, 0) is 25.7 Å². The lowest BCUT2D eigenvalue weighted by Crippen LogP contribution is -2.49. The van der Waals surface area contributed by atoms with Gasteiger partial charge in [0, 0.05) is 36.5 Å². The van der Waals surface area contributed by atoms with E-state index in [2.05, 4.69) is 15.6 Å². The predicted octanol–water partition coefficient (Wildman–Crippen LogP) is 2.87. The van der Waals surface area contributed by atoms with Crippen LogP contribution in [0.5, 0.6) is 0 Å². The molecule has 0 spiro atoms. The van der Waals surface area contributed by atoms with Crippen LogP contribution < -0.4 is 10.6 Å². The van der Waals surface area contributed by atoms with Gasteiger partial charge in [-0.15, -0.1) is 36.2 Å². The molecule has 2 fully saturated rings. The van der Waals surface area contributed by atoms with Gasteiger partial charge in [-0.3, -0.25) is 9.59 Å². The van der Waals surface area contributed by atoms with Gasteiger partial charge in [0.1, 0.15) is 0 Å². The quantitative estimate of drug-likeness (QED) is 0.764. The van der Waals surface area contributed by atoms with Gasteiger partial charge in [-0.25, -0.2) is 4.98 Å². The highest BCUT2D eigenvalue weighted by Gasteiger charge is 2.36. The number of carbonyl (C=O) groups excluding carboxylic acids is 2. The Kier molecular flexibility index (Phi) is 8.79. The van der Waals surface area contributed by atoms with E-state index in [9.17, 15) is 9.59 Å². The summed E-state index contributed by atoms with van der Waals surface area (Å²) >= 11 is 1.37. The van der Waals surface area contributed by atoms with Crippen LogP contribution in [0.15, 0.2) is 5.38 Å². The molecule has 2 aliphatic rings. The highest BCUT2D eigenvalue weighted by molar-refractivity contribution is 7.13. The third-order valence-corrected chi connectivity index (χ3v) is 5.83. The molecule has 148 valence electrons. The van der Waals surface area contributed by atoms with Crippen LogP contribution in [0.3, 0.4) is 0 Å². The Morgan fingerprint density at radius 1 is 1.31 bits per heavy atom. The fourth-order valence-corrected chi connectivity index (χ4v) is 4.24. The molecular formula is C17H28Cl2N4O2S. The monoisotopic (exact) mass is 422 g/mol. The van der Waals surface area contributed by atoms with Crippen LogP contribution in [0.25, 0.3) is 0 Å². The number of anilines is 1.